The zero-order chi connectivity index (χ0) is 11.7. The highest BCUT2D eigenvalue weighted by atomic mass is 16.4. The number of carboxylic acids is 1. The molecule has 2 rings (SSSR count). The number of nitrogens with one attached hydrogen (secondary N) is 1. The fourth-order valence-electron chi connectivity index (χ4n) is 1.70. The summed E-state index contributed by atoms with van der Waals surface area (Å²) in [6.07, 6.45) is 0. The van der Waals surface area contributed by atoms with Crippen LogP contribution in [0.4, 0.5) is 5.82 Å². The van der Waals surface area contributed by atoms with Crippen LogP contribution in [0.25, 0.3) is 10.9 Å². The molecule has 16 heavy (non-hydrogen) atoms. The fourth-order valence-corrected chi connectivity index (χ4v) is 1.70. The highest BCUT2D eigenvalue weighted by Crippen LogP contribution is 2.22. The van der Waals surface area contributed by atoms with Crippen molar-refractivity contribution in [3.8, 4) is 0 Å². The molecule has 0 amide bonds. The summed E-state index contributed by atoms with van der Waals surface area (Å²) < 4.78 is 0. The Morgan fingerprint density at radius 1 is 1.44 bits per heavy atom. The molecule has 2 N–H and O–H groups in total. The van der Waals surface area contributed by atoms with Crippen LogP contribution < -0.4 is 5.32 Å². The molecule has 4 nitrogen and oxygen atoms in total. The third-order valence-electron chi connectivity index (χ3n) is 2.51. The molecule has 1 aromatic carbocycles. The first kappa shape index (κ1) is 10.4. The van der Waals surface area contributed by atoms with E-state index in [1.54, 1.807) is 13.1 Å². The highest BCUT2D eigenvalue weighted by Gasteiger charge is 2.12. The van der Waals surface area contributed by atoms with Gasteiger partial charge in [-0.2, -0.15) is 0 Å². The van der Waals surface area contributed by atoms with Crippen molar-refractivity contribution in [3.05, 3.63) is 35.4 Å². The lowest BCUT2D eigenvalue weighted by Crippen LogP contribution is -2.05. The Morgan fingerprint density at radius 3 is 2.81 bits per heavy atom. The molecule has 0 radical (unpaired) electrons. The predicted molar refractivity (Wildman–Crippen MR) is 63.0 cm³/mol. The van der Waals surface area contributed by atoms with Crippen molar-refractivity contribution < 1.29 is 9.90 Å². The Morgan fingerprint density at radius 2 is 2.19 bits per heavy atom. The van der Waals surface area contributed by atoms with Gasteiger partial charge in [0, 0.05) is 12.4 Å². The maximum Gasteiger partial charge on any atom is 0.339 e. The van der Waals surface area contributed by atoms with Crippen molar-refractivity contribution >= 4 is 22.7 Å². The van der Waals surface area contributed by atoms with Crippen molar-refractivity contribution in [1.29, 1.82) is 0 Å². The van der Waals surface area contributed by atoms with Gasteiger partial charge in [-0.25, -0.2) is 9.78 Å². The maximum absolute atomic E-state index is 11.0. The minimum absolute atomic E-state index is 0.195. The highest BCUT2D eigenvalue weighted by molar-refractivity contribution is 5.98. The van der Waals surface area contributed by atoms with Crippen LogP contribution in [0.3, 0.4) is 0 Å². The minimum atomic E-state index is -0.972. The van der Waals surface area contributed by atoms with Gasteiger partial charge in [-0.3, -0.25) is 0 Å². The molecule has 0 saturated heterocycles. The molecule has 0 unspecified atom stereocenters. The summed E-state index contributed by atoms with van der Waals surface area (Å²) in [5.74, 6) is -0.574. The number of fused-ring (bicyclic) bond motifs is 1. The zero-order valence-electron chi connectivity index (χ0n) is 9.11. The minimum Gasteiger partial charge on any atom is -0.478 e. The van der Waals surface area contributed by atoms with Crippen molar-refractivity contribution in [2.45, 2.75) is 6.92 Å². The molecule has 0 fully saturated rings. The second-order valence-electron chi connectivity index (χ2n) is 3.59. The summed E-state index contributed by atoms with van der Waals surface area (Å²) >= 11 is 0. The monoisotopic (exact) mass is 216 g/mol. The van der Waals surface area contributed by atoms with Gasteiger partial charge in [0.05, 0.1) is 5.52 Å². The normalized spacial score (nSPS) is 10.4. The zero-order valence-corrected chi connectivity index (χ0v) is 9.11. The fraction of sp³-hybridized carbons (Fsp3) is 0.167. The Bertz CT molecular complexity index is 564. The van der Waals surface area contributed by atoms with Gasteiger partial charge >= 0.3 is 5.97 Å². The summed E-state index contributed by atoms with van der Waals surface area (Å²) in [5, 5.41) is 12.7. The Hall–Kier alpha value is -2.10. The second-order valence-corrected chi connectivity index (χ2v) is 3.59. The van der Waals surface area contributed by atoms with Crippen molar-refractivity contribution in [2.24, 2.45) is 0 Å². The quantitative estimate of drug-likeness (QED) is 0.808. The SMILES string of the molecule is CNc1nc2c(C)cccc2cc1C(=O)O. The molecule has 0 aliphatic carbocycles. The summed E-state index contributed by atoms with van der Waals surface area (Å²) in [7, 11) is 1.67. The molecule has 1 aromatic heterocycles. The number of aromatic nitrogens is 1. The summed E-state index contributed by atoms with van der Waals surface area (Å²) in [6.45, 7) is 1.95. The first-order valence-electron chi connectivity index (χ1n) is 4.95. The van der Waals surface area contributed by atoms with E-state index in [9.17, 15) is 4.79 Å². The molecule has 82 valence electrons. The average Bonchev–Trinajstić information content (AvgIpc) is 2.28. The van der Waals surface area contributed by atoms with Crippen LogP contribution in [0.1, 0.15) is 15.9 Å². The van der Waals surface area contributed by atoms with Crippen LogP contribution >= 0.6 is 0 Å². The molecular formula is C12H12N2O2. The molecule has 0 saturated carbocycles. The van der Waals surface area contributed by atoms with E-state index in [0.29, 0.717) is 5.82 Å². The second kappa shape index (κ2) is 3.81. The molecule has 1 heterocycles. The van der Waals surface area contributed by atoms with Crippen LogP contribution in [-0.2, 0) is 0 Å². The number of carboxylic acid groups (broad SMARTS) is 1. The lowest BCUT2D eigenvalue weighted by molar-refractivity contribution is 0.0698. The van der Waals surface area contributed by atoms with Crippen molar-refractivity contribution in [2.75, 3.05) is 12.4 Å². The number of rotatable bonds is 2. The van der Waals surface area contributed by atoms with E-state index in [1.165, 1.54) is 0 Å². The average molecular weight is 216 g/mol. The van der Waals surface area contributed by atoms with Gasteiger partial charge in [0.1, 0.15) is 11.4 Å². The van der Waals surface area contributed by atoms with Crippen LogP contribution in [0.15, 0.2) is 24.3 Å². The van der Waals surface area contributed by atoms with Crippen LogP contribution in [0.5, 0.6) is 0 Å². The van der Waals surface area contributed by atoms with E-state index in [0.717, 1.165) is 16.5 Å². The number of aryl methyl sites for hydroxylation is 1. The smallest absolute Gasteiger partial charge is 0.339 e. The Kier molecular flexibility index (Phi) is 2.48. The first-order chi connectivity index (χ1) is 7.63. The van der Waals surface area contributed by atoms with Crippen LogP contribution in [0, 0.1) is 6.92 Å². The van der Waals surface area contributed by atoms with Gasteiger partial charge in [-0.05, 0) is 18.6 Å². The van der Waals surface area contributed by atoms with E-state index >= 15 is 0 Å². The number of nitrogens with zero attached hydrogens (tertiary/aromatic N) is 1. The van der Waals surface area contributed by atoms with Gasteiger partial charge in [-0.15, -0.1) is 0 Å². The van der Waals surface area contributed by atoms with Gasteiger partial charge in [-0.1, -0.05) is 18.2 Å². The van der Waals surface area contributed by atoms with Crippen molar-refractivity contribution in [1.82, 2.24) is 4.98 Å². The van der Waals surface area contributed by atoms with E-state index in [-0.39, 0.29) is 5.56 Å². The molecule has 4 heteroatoms. The lowest BCUT2D eigenvalue weighted by atomic mass is 10.1. The van der Waals surface area contributed by atoms with Gasteiger partial charge in [0.25, 0.3) is 0 Å². The van der Waals surface area contributed by atoms with Gasteiger partial charge in [0.15, 0.2) is 0 Å². The number of hydrogen-bond acceptors (Lipinski definition) is 3. The van der Waals surface area contributed by atoms with Crippen molar-refractivity contribution in [3.63, 3.8) is 0 Å². The van der Waals surface area contributed by atoms with Gasteiger partial charge < -0.3 is 10.4 Å². The molecular weight excluding hydrogens is 204 g/mol. The summed E-state index contributed by atoms with van der Waals surface area (Å²) in [4.78, 5) is 15.4. The molecule has 0 spiro atoms. The molecule has 0 aliphatic rings. The number of carbonyl (C=O) groups is 1. The third kappa shape index (κ3) is 1.58. The number of hydrogen-bond donors (Lipinski definition) is 2. The number of aromatic carboxylic acids is 1. The number of anilines is 1. The third-order valence-corrected chi connectivity index (χ3v) is 2.51. The molecule has 0 aliphatic heterocycles. The topological polar surface area (TPSA) is 62.2 Å². The Labute approximate surface area is 92.9 Å². The van der Waals surface area contributed by atoms with E-state index < -0.39 is 5.97 Å². The van der Waals surface area contributed by atoms with Crippen LogP contribution in [-0.4, -0.2) is 23.1 Å². The summed E-state index contributed by atoms with van der Waals surface area (Å²) in [5.41, 5.74) is 2.06. The van der Waals surface area contributed by atoms with E-state index in [2.05, 4.69) is 10.3 Å². The molecule has 2 aromatic rings. The van der Waals surface area contributed by atoms with Crippen LogP contribution in [0.2, 0.25) is 0 Å². The predicted octanol–water partition coefficient (Wildman–Crippen LogP) is 2.28. The van der Waals surface area contributed by atoms with E-state index in [1.807, 2.05) is 25.1 Å². The largest absolute Gasteiger partial charge is 0.478 e. The number of pyridine rings is 1. The lowest BCUT2D eigenvalue weighted by Gasteiger charge is -2.08. The molecule has 0 bridgehead atoms. The first-order valence-corrected chi connectivity index (χ1v) is 4.95. The Balaban J connectivity index is 2.80. The molecule has 0 atom stereocenters. The summed E-state index contributed by atoms with van der Waals surface area (Å²) in [6, 6.07) is 7.35. The van der Waals surface area contributed by atoms with E-state index in [4.69, 9.17) is 5.11 Å². The van der Waals surface area contributed by atoms with Gasteiger partial charge in [0.2, 0.25) is 0 Å². The maximum atomic E-state index is 11.0. The number of para-hydroxylation sites is 1. The standard InChI is InChI=1S/C12H12N2O2/c1-7-4-3-5-8-6-9(12(15)16)11(13-2)14-10(7)8/h3-6H,1-2H3,(H,13,14)(H,15,16). The number of benzene rings is 1.